The molecule has 0 unspecified atom stereocenters. The highest BCUT2D eigenvalue weighted by atomic mass is 32.1. The average Bonchev–Trinajstić information content (AvgIpc) is 3.49. The summed E-state index contributed by atoms with van der Waals surface area (Å²) in [7, 11) is 0. The van der Waals surface area contributed by atoms with Crippen LogP contribution in [0, 0.1) is 0 Å². The molecular weight excluding hydrogens is 448 g/mol. The highest BCUT2D eigenvalue weighted by molar-refractivity contribution is 7.16. The van der Waals surface area contributed by atoms with Crippen molar-refractivity contribution in [3.05, 3.63) is 81.1 Å². The molecule has 4 aromatic rings. The largest absolute Gasteiger partial charge is 0.459 e. The van der Waals surface area contributed by atoms with E-state index in [9.17, 15) is 14.4 Å². The van der Waals surface area contributed by atoms with E-state index in [0.29, 0.717) is 41.5 Å². The molecule has 3 heterocycles. The third kappa shape index (κ3) is 5.51. The predicted molar refractivity (Wildman–Crippen MR) is 120 cm³/mol. The summed E-state index contributed by atoms with van der Waals surface area (Å²) in [6.45, 7) is 2.88. The third-order valence-corrected chi connectivity index (χ3v) is 5.45. The maximum Gasteiger partial charge on any atom is 0.338 e. The molecule has 4 rings (SSSR count). The van der Waals surface area contributed by atoms with Gasteiger partial charge in [-0.3, -0.25) is 9.59 Å². The van der Waals surface area contributed by atoms with Gasteiger partial charge in [0.05, 0.1) is 24.1 Å². The second kappa shape index (κ2) is 10.2. The minimum absolute atomic E-state index is 0.159. The molecule has 0 fully saturated rings. The highest BCUT2D eigenvalue weighted by Gasteiger charge is 2.13. The number of anilines is 1. The lowest BCUT2D eigenvalue weighted by Gasteiger charge is -2.06. The summed E-state index contributed by atoms with van der Waals surface area (Å²) in [5, 5.41) is 7.65. The van der Waals surface area contributed by atoms with Crippen LogP contribution in [0.15, 0.2) is 57.9 Å². The summed E-state index contributed by atoms with van der Waals surface area (Å²) in [4.78, 5) is 41.5. The second-order valence-electron chi connectivity index (χ2n) is 6.81. The van der Waals surface area contributed by atoms with Crippen molar-refractivity contribution in [2.75, 3.05) is 18.5 Å². The van der Waals surface area contributed by atoms with Crippen LogP contribution in [0.5, 0.6) is 0 Å². The number of rotatable bonds is 9. The van der Waals surface area contributed by atoms with Crippen LogP contribution in [0.4, 0.5) is 5.69 Å². The van der Waals surface area contributed by atoms with Crippen LogP contribution in [0.3, 0.4) is 0 Å². The average molecular weight is 468 g/mol. The van der Waals surface area contributed by atoms with Crippen molar-refractivity contribution in [3.63, 3.8) is 0 Å². The first-order valence-corrected chi connectivity index (χ1v) is 10.9. The molecule has 11 heteroatoms. The van der Waals surface area contributed by atoms with Gasteiger partial charge in [-0.2, -0.15) is 9.61 Å². The van der Waals surface area contributed by atoms with Crippen molar-refractivity contribution in [2.24, 2.45) is 0 Å². The number of nitrogens with zero attached hydrogens (tertiary/aromatic N) is 3. The van der Waals surface area contributed by atoms with Gasteiger partial charge in [0, 0.05) is 24.8 Å². The van der Waals surface area contributed by atoms with E-state index in [0.717, 1.165) is 5.01 Å². The Hall–Kier alpha value is -3.83. The van der Waals surface area contributed by atoms with E-state index in [1.807, 2.05) is 6.92 Å². The second-order valence-corrected chi connectivity index (χ2v) is 7.85. The zero-order valence-corrected chi connectivity index (χ0v) is 18.5. The van der Waals surface area contributed by atoms with Crippen LogP contribution in [0.1, 0.15) is 38.5 Å². The van der Waals surface area contributed by atoms with Crippen LogP contribution in [0.2, 0.25) is 0 Å². The van der Waals surface area contributed by atoms with E-state index in [4.69, 9.17) is 13.9 Å². The molecule has 0 saturated carbocycles. The number of aromatic nitrogens is 3. The Morgan fingerprint density at radius 3 is 2.76 bits per heavy atom. The van der Waals surface area contributed by atoms with Gasteiger partial charge in [-0.15, -0.1) is 0 Å². The minimum Gasteiger partial charge on any atom is -0.459 e. The molecule has 170 valence electrons. The molecular formula is C22H20N4O6S. The number of hydrogen-bond donors (Lipinski definition) is 1. The number of furan rings is 1. The lowest BCUT2D eigenvalue weighted by Crippen LogP contribution is -2.17. The predicted octanol–water partition coefficient (Wildman–Crippen LogP) is 2.93. The molecule has 10 nitrogen and oxygen atoms in total. The third-order valence-electron chi connectivity index (χ3n) is 4.48. The molecule has 33 heavy (non-hydrogen) atoms. The van der Waals surface area contributed by atoms with E-state index >= 15 is 0 Å². The Kier molecular flexibility index (Phi) is 6.91. The Labute approximate surface area is 191 Å². The van der Waals surface area contributed by atoms with Gasteiger partial charge in [0.2, 0.25) is 4.96 Å². The molecule has 0 aliphatic heterocycles. The monoisotopic (exact) mass is 468 g/mol. The van der Waals surface area contributed by atoms with E-state index in [-0.39, 0.29) is 17.9 Å². The zero-order chi connectivity index (χ0) is 23.2. The number of benzene rings is 1. The van der Waals surface area contributed by atoms with Gasteiger partial charge < -0.3 is 19.2 Å². The van der Waals surface area contributed by atoms with E-state index in [2.05, 4.69) is 15.4 Å². The Morgan fingerprint density at radius 1 is 1.21 bits per heavy atom. The number of carbonyl (C=O) groups is 2. The summed E-state index contributed by atoms with van der Waals surface area (Å²) in [5.74, 6) is -0.795. The summed E-state index contributed by atoms with van der Waals surface area (Å²) < 4.78 is 16.9. The summed E-state index contributed by atoms with van der Waals surface area (Å²) in [6.07, 6.45) is 2.00. The molecule has 0 radical (unpaired) electrons. The van der Waals surface area contributed by atoms with Crippen molar-refractivity contribution in [2.45, 2.75) is 20.0 Å². The van der Waals surface area contributed by atoms with Gasteiger partial charge in [-0.25, -0.2) is 9.78 Å². The van der Waals surface area contributed by atoms with Crippen LogP contribution in [-0.2, 0) is 22.5 Å². The maximum absolute atomic E-state index is 12.4. The molecule has 1 aromatic carbocycles. The van der Waals surface area contributed by atoms with Crippen molar-refractivity contribution >= 4 is 33.9 Å². The molecule has 0 aliphatic rings. The Bertz CT molecular complexity index is 1310. The number of ether oxygens (including phenoxy) is 2. The van der Waals surface area contributed by atoms with Crippen LogP contribution >= 0.6 is 11.3 Å². The molecule has 3 aromatic heterocycles. The maximum atomic E-state index is 12.4. The normalized spacial score (nSPS) is 10.9. The van der Waals surface area contributed by atoms with E-state index in [1.54, 1.807) is 24.3 Å². The van der Waals surface area contributed by atoms with Gasteiger partial charge >= 0.3 is 5.97 Å². The van der Waals surface area contributed by atoms with Crippen molar-refractivity contribution in [3.8, 4) is 0 Å². The molecule has 0 aliphatic carbocycles. The van der Waals surface area contributed by atoms with Gasteiger partial charge in [0.15, 0.2) is 5.76 Å². The number of fused-ring (bicyclic) bond motifs is 1. The fourth-order valence-electron chi connectivity index (χ4n) is 2.89. The summed E-state index contributed by atoms with van der Waals surface area (Å²) in [5.41, 5.74) is 0.774. The SMILES string of the molecule is CCOCCc1nn2c(=O)cc(COC(=O)c3ccc(NC(=O)c4ccco4)cc3)nc2s1. The topological polar surface area (TPSA) is 125 Å². The molecule has 0 atom stereocenters. The lowest BCUT2D eigenvalue weighted by atomic mass is 10.2. The Balaban J connectivity index is 1.36. The zero-order valence-electron chi connectivity index (χ0n) is 17.6. The van der Waals surface area contributed by atoms with E-state index < -0.39 is 11.9 Å². The number of nitrogens with one attached hydrogen (secondary N) is 1. The number of hydrogen-bond acceptors (Lipinski definition) is 9. The van der Waals surface area contributed by atoms with Crippen LogP contribution in [0.25, 0.3) is 4.96 Å². The van der Waals surface area contributed by atoms with Crippen LogP contribution in [-0.4, -0.2) is 39.7 Å². The number of carbonyl (C=O) groups excluding carboxylic acids is 2. The quantitative estimate of drug-likeness (QED) is 0.294. The van der Waals surface area contributed by atoms with Gasteiger partial charge in [-0.1, -0.05) is 11.3 Å². The first-order chi connectivity index (χ1) is 16.0. The minimum atomic E-state index is -0.581. The number of amides is 1. The number of esters is 1. The summed E-state index contributed by atoms with van der Waals surface area (Å²) >= 11 is 1.29. The van der Waals surface area contributed by atoms with Crippen molar-refractivity contribution in [1.82, 2.24) is 14.6 Å². The van der Waals surface area contributed by atoms with Gasteiger partial charge in [-0.05, 0) is 43.3 Å². The molecule has 1 amide bonds. The lowest BCUT2D eigenvalue weighted by molar-refractivity contribution is 0.0467. The van der Waals surface area contributed by atoms with Crippen molar-refractivity contribution in [1.29, 1.82) is 0 Å². The fourth-order valence-corrected chi connectivity index (χ4v) is 3.79. The fraction of sp³-hybridized carbons (Fsp3) is 0.227. The Morgan fingerprint density at radius 2 is 2.03 bits per heavy atom. The molecule has 1 N–H and O–H groups in total. The van der Waals surface area contributed by atoms with E-state index in [1.165, 1.54) is 40.3 Å². The molecule has 0 saturated heterocycles. The van der Waals surface area contributed by atoms with Gasteiger partial charge in [0.1, 0.15) is 11.6 Å². The molecule has 0 spiro atoms. The smallest absolute Gasteiger partial charge is 0.338 e. The standard InChI is InChI=1S/C22H20N4O6S/c1-2-30-11-9-18-25-26-19(27)12-16(24-22(26)33-18)13-32-21(29)14-5-7-15(8-6-14)23-20(28)17-4-3-10-31-17/h3-8,10,12H,2,9,11,13H2,1H3,(H,23,28). The van der Waals surface area contributed by atoms with Crippen LogP contribution < -0.4 is 10.9 Å². The first-order valence-electron chi connectivity index (χ1n) is 10.1. The van der Waals surface area contributed by atoms with Crippen molar-refractivity contribution < 1.29 is 23.5 Å². The van der Waals surface area contributed by atoms with Gasteiger partial charge in [0.25, 0.3) is 11.5 Å². The molecule has 0 bridgehead atoms. The summed E-state index contributed by atoms with van der Waals surface area (Å²) in [6, 6.07) is 10.7. The first kappa shape index (κ1) is 22.4. The highest BCUT2D eigenvalue weighted by Crippen LogP contribution is 2.15.